The minimum atomic E-state index is -0.0992. The van der Waals surface area contributed by atoms with Crippen LogP contribution in [0.4, 0.5) is 0 Å². The average molecular weight is 239 g/mol. The molecule has 0 radical (unpaired) electrons. The quantitative estimate of drug-likeness (QED) is 0.746. The van der Waals surface area contributed by atoms with Crippen LogP contribution in [0, 0.1) is 0 Å². The van der Waals surface area contributed by atoms with Gasteiger partial charge >= 0.3 is 0 Å². The molecule has 3 aromatic rings. The van der Waals surface area contributed by atoms with Crippen molar-refractivity contribution in [2.75, 3.05) is 0 Å². The predicted molar refractivity (Wildman–Crippen MR) is 71.5 cm³/mol. The second kappa shape index (κ2) is 4.14. The van der Waals surface area contributed by atoms with Crippen molar-refractivity contribution in [3.05, 3.63) is 52.9 Å². The Morgan fingerprint density at radius 3 is 2.78 bits per heavy atom. The molecule has 2 heterocycles. The van der Waals surface area contributed by atoms with Gasteiger partial charge in [0.05, 0.1) is 11.0 Å². The molecule has 0 amide bonds. The van der Waals surface area contributed by atoms with Gasteiger partial charge in [-0.25, -0.2) is 4.98 Å². The molecule has 3 rings (SSSR count). The van der Waals surface area contributed by atoms with Crippen molar-refractivity contribution in [2.45, 2.75) is 13.5 Å². The first kappa shape index (κ1) is 10.8. The van der Waals surface area contributed by atoms with Crippen molar-refractivity contribution in [1.82, 2.24) is 14.5 Å². The standard InChI is InChI=1S/C14H13N3O/c1-2-17-12-6-4-3-5-11(12)16-14(17)10-7-8-13(18)15-9-10/h3-9H,2H2,1H3,(H,15,18). The van der Waals surface area contributed by atoms with Crippen LogP contribution >= 0.6 is 0 Å². The second-order valence-electron chi connectivity index (χ2n) is 4.11. The molecular formula is C14H13N3O. The third-order valence-electron chi connectivity index (χ3n) is 3.01. The molecule has 1 N–H and O–H groups in total. The lowest BCUT2D eigenvalue weighted by Crippen LogP contribution is -2.03. The molecular weight excluding hydrogens is 226 g/mol. The van der Waals surface area contributed by atoms with E-state index in [9.17, 15) is 4.79 Å². The summed E-state index contributed by atoms with van der Waals surface area (Å²) in [5.41, 5.74) is 2.91. The minimum Gasteiger partial charge on any atom is -0.328 e. The number of aromatic amines is 1. The lowest BCUT2D eigenvalue weighted by Gasteiger charge is -2.05. The number of hydrogen-bond acceptors (Lipinski definition) is 2. The summed E-state index contributed by atoms with van der Waals surface area (Å²) in [7, 11) is 0. The smallest absolute Gasteiger partial charge is 0.247 e. The molecule has 0 aliphatic carbocycles. The van der Waals surface area contributed by atoms with Crippen LogP contribution in [0.2, 0.25) is 0 Å². The lowest BCUT2D eigenvalue weighted by atomic mass is 10.2. The normalized spacial score (nSPS) is 10.9. The van der Waals surface area contributed by atoms with E-state index in [4.69, 9.17) is 0 Å². The molecule has 0 aliphatic rings. The fourth-order valence-electron chi connectivity index (χ4n) is 2.17. The maximum Gasteiger partial charge on any atom is 0.247 e. The van der Waals surface area contributed by atoms with E-state index in [1.165, 1.54) is 6.07 Å². The van der Waals surface area contributed by atoms with Crippen molar-refractivity contribution < 1.29 is 0 Å². The summed E-state index contributed by atoms with van der Waals surface area (Å²) in [6.45, 7) is 2.93. The molecule has 0 fully saturated rings. The number of imidazole rings is 1. The largest absolute Gasteiger partial charge is 0.328 e. The van der Waals surface area contributed by atoms with Crippen LogP contribution in [0.15, 0.2) is 47.4 Å². The summed E-state index contributed by atoms with van der Waals surface area (Å²) >= 11 is 0. The van der Waals surface area contributed by atoms with E-state index in [1.807, 2.05) is 18.2 Å². The Labute approximate surface area is 104 Å². The van der Waals surface area contributed by atoms with Gasteiger partial charge in [0, 0.05) is 24.4 Å². The summed E-state index contributed by atoms with van der Waals surface area (Å²) < 4.78 is 2.14. The van der Waals surface area contributed by atoms with E-state index in [1.54, 1.807) is 12.3 Å². The average Bonchev–Trinajstić information content (AvgIpc) is 2.78. The van der Waals surface area contributed by atoms with Gasteiger partial charge < -0.3 is 9.55 Å². The van der Waals surface area contributed by atoms with Gasteiger partial charge in [0.25, 0.3) is 0 Å². The fourth-order valence-corrected chi connectivity index (χ4v) is 2.17. The second-order valence-corrected chi connectivity index (χ2v) is 4.11. The molecule has 2 aromatic heterocycles. The highest BCUT2D eigenvalue weighted by Gasteiger charge is 2.10. The number of rotatable bonds is 2. The Morgan fingerprint density at radius 2 is 2.06 bits per heavy atom. The van der Waals surface area contributed by atoms with E-state index in [-0.39, 0.29) is 5.56 Å². The monoisotopic (exact) mass is 239 g/mol. The van der Waals surface area contributed by atoms with Crippen molar-refractivity contribution in [3.63, 3.8) is 0 Å². The zero-order valence-electron chi connectivity index (χ0n) is 10.1. The van der Waals surface area contributed by atoms with Crippen molar-refractivity contribution in [3.8, 4) is 11.4 Å². The number of nitrogens with zero attached hydrogens (tertiary/aromatic N) is 2. The van der Waals surface area contributed by atoms with E-state index >= 15 is 0 Å². The summed E-state index contributed by atoms with van der Waals surface area (Å²) in [4.78, 5) is 18.4. The van der Waals surface area contributed by atoms with Gasteiger partial charge in [-0.15, -0.1) is 0 Å². The van der Waals surface area contributed by atoms with Gasteiger partial charge in [-0.1, -0.05) is 12.1 Å². The number of pyridine rings is 1. The van der Waals surface area contributed by atoms with Gasteiger partial charge in [-0.05, 0) is 25.1 Å². The van der Waals surface area contributed by atoms with Gasteiger partial charge in [-0.3, -0.25) is 4.79 Å². The number of aromatic nitrogens is 3. The molecule has 0 saturated carbocycles. The molecule has 18 heavy (non-hydrogen) atoms. The molecule has 0 saturated heterocycles. The molecule has 4 heteroatoms. The van der Waals surface area contributed by atoms with Crippen LogP contribution in [0.3, 0.4) is 0 Å². The Hall–Kier alpha value is -2.36. The van der Waals surface area contributed by atoms with Crippen LogP contribution in [0.5, 0.6) is 0 Å². The number of para-hydroxylation sites is 2. The third kappa shape index (κ3) is 1.62. The molecule has 1 aromatic carbocycles. The highest BCUT2D eigenvalue weighted by molar-refractivity contribution is 5.80. The van der Waals surface area contributed by atoms with E-state index in [0.29, 0.717) is 0 Å². The SMILES string of the molecule is CCn1c(-c2ccc(=O)[nH]c2)nc2ccccc21. The van der Waals surface area contributed by atoms with Crippen LogP contribution in [-0.4, -0.2) is 14.5 Å². The van der Waals surface area contributed by atoms with Gasteiger partial charge in [-0.2, -0.15) is 0 Å². The summed E-state index contributed by atoms with van der Waals surface area (Å²) in [5, 5.41) is 0. The maximum atomic E-state index is 11.1. The molecule has 0 spiro atoms. The van der Waals surface area contributed by atoms with Crippen molar-refractivity contribution >= 4 is 11.0 Å². The first-order chi connectivity index (χ1) is 8.79. The molecule has 90 valence electrons. The highest BCUT2D eigenvalue weighted by Crippen LogP contribution is 2.23. The summed E-state index contributed by atoms with van der Waals surface area (Å²) in [6.07, 6.45) is 1.70. The van der Waals surface area contributed by atoms with Gasteiger partial charge in [0.1, 0.15) is 5.82 Å². The number of hydrogen-bond donors (Lipinski definition) is 1. The van der Waals surface area contributed by atoms with Crippen molar-refractivity contribution in [2.24, 2.45) is 0 Å². The Bertz CT molecular complexity index is 735. The number of aryl methyl sites for hydroxylation is 1. The Balaban J connectivity index is 2.28. The fraction of sp³-hybridized carbons (Fsp3) is 0.143. The van der Waals surface area contributed by atoms with Gasteiger partial charge in [0.15, 0.2) is 0 Å². The minimum absolute atomic E-state index is 0.0992. The first-order valence-electron chi connectivity index (χ1n) is 5.94. The molecule has 0 aliphatic heterocycles. The predicted octanol–water partition coefficient (Wildman–Crippen LogP) is 2.41. The van der Waals surface area contributed by atoms with Crippen LogP contribution in [0.25, 0.3) is 22.4 Å². The zero-order chi connectivity index (χ0) is 12.5. The Morgan fingerprint density at radius 1 is 1.22 bits per heavy atom. The molecule has 0 bridgehead atoms. The van der Waals surface area contributed by atoms with Crippen LogP contribution in [0.1, 0.15) is 6.92 Å². The summed E-state index contributed by atoms with van der Waals surface area (Å²) in [6, 6.07) is 11.4. The number of nitrogens with one attached hydrogen (secondary N) is 1. The van der Waals surface area contributed by atoms with Crippen LogP contribution in [-0.2, 0) is 6.54 Å². The number of benzene rings is 1. The van der Waals surface area contributed by atoms with Crippen molar-refractivity contribution in [1.29, 1.82) is 0 Å². The highest BCUT2D eigenvalue weighted by atomic mass is 16.1. The molecule has 4 nitrogen and oxygen atoms in total. The third-order valence-corrected chi connectivity index (χ3v) is 3.01. The Kier molecular flexibility index (Phi) is 2.48. The zero-order valence-corrected chi connectivity index (χ0v) is 10.1. The maximum absolute atomic E-state index is 11.1. The number of fused-ring (bicyclic) bond motifs is 1. The topological polar surface area (TPSA) is 50.7 Å². The van der Waals surface area contributed by atoms with Crippen LogP contribution < -0.4 is 5.56 Å². The van der Waals surface area contributed by atoms with E-state index in [0.717, 1.165) is 29.0 Å². The van der Waals surface area contributed by atoms with E-state index < -0.39 is 0 Å². The van der Waals surface area contributed by atoms with E-state index in [2.05, 4.69) is 27.5 Å². The number of H-pyrrole nitrogens is 1. The lowest BCUT2D eigenvalue weighted by molar-refractivity contribution is 0.796. The van der Waals surface area contributed by atoms with Gasteiger partial charge in [0.2, 0.25) is 5.56 Å². The summed E-state index contributed by atoms with van der Waals surface area (Å²) in [5.74, 6) is 0.884. The first-order valence-corrected chi connectivity index (χ1v) is 5.94. The molecule has 0 unspecified atom stereocenters. The molecule has 0 atom stereocenters.